The summed E-state index contributed by atoms with van der Waals surface area (Å²) in [4.78, 5) is 24.9. The number of hydrogen-bond donors (Lipinski definition) is 2. The van der Waals surface area contributed by atoms with E-state index in [2.05, 4.69) is 17.2 Å². The highest BCUT2D eigenvalue weighted by Gasteiger charge is 2.06. The van der Waals surface area contributed by atoms with Crippen LogP contribution in [0.4, 0.5) is 0 Å². The molecule has 6 nitrogen and oxygen atoms in total. The van der Waals surface area contributed by atoms with Gasteiger partial charge >= 0.3 is 0 Å². The minimum absolute atomic E-state index is 0.0822. The van der Waals surface area contributed by atoms with Crippen LogP contribution in [0.2, 0.25) is 5.02 Å². The molecule has 0 aliphatic carbocycles. The summed E-state index contributed by atoms with van der Waals surface area (Å²) in [6.07, 6.45) is 0.464. The molecule has 0 heterocycles. The van der Waals surface area contributed by atoms with Crippen molar-refractivity contribution in [3.8, 4) is 5.75 Å². The number of nitrogens with zero attached hydrogens (tertiary/aromatic N) is 1. The van der Waals surface area contributed by atoms with Gasteiger partial charge in [0.25, 0.3) is 5.91 Å². The van der Waals surface area contributed by atoms with E-state index in [1.165, 1.54) is 0 Å². The molecule has 1 rings (SSSR count). The van der Waals surface area contributed by atoms with Crippen LogP contribution in [0.15, 0.2) is 36.5 Å². The van der Waals surface area contributed by atoms with E-state index < -0.39 is 0 Å². The van der Waals surface area contributed by atoms with Crippen LogP contribution in [0.3, 0.4) is 0 Å². The zero-order valence-electron chi connectivity index (χ0n) is 13.4. The number of amides is 2. The van der Waals surface area contributed by atoms with Crippen LogP contribution in [0.1, 0.15) is 6.42 Å². The fraction of sp³-hybridized carbons (Fsp3) is 0.375. The molecule has 23 heavy (non-hydrogen) atoms. The second-order valence-corrected chi connectivity index (χ2v) is 5.67. The number of hydrogen-bond acceptors (Lipinski definition) is 4. The molecule has 0 fully saturated rings. The number of benzene rings is 1. The average Bonchev–Trinajstić information content (AvgIpc) is 2.45. The van der Waals surface area contributed by atoms with Gasteiger partial charge in [-0.25, -0.2) is 0 Å². The van der Waals surface area contributed by atoms with Gasteiger partial charge < -0.3 is 20.3 Å². The molecule has 2 amide bonds. The number of ether oxygens (including phenoxy) is 1. The van der Waals surface area contributed by atoms with Crippen molar-refractivity contribution in [3.05, 3.63) is 41.6 Å². The van der Waals surface area contributed by atoms with Crippen molar-refractivity contribution >= 4 is 23.4 Å². The van der Waals surface area contributed by atoms with Gasteiger partial charge in [-0.15, -0.1) is 0 Å². The van der Waals surface area contributed by atoms with Crippen molar-refractivity contribution in [3.63, 3.8) is 0 Å². The summed E-state index contributed by atoms with van der Waals surface area (Å²) < 4.78 is 5.32. The molecule has 0 saturated heterocycles. The molecule has 0 aliphatic heterocycles. The molecule has 1 aromatic rings. The highest BCUT2D eigenvalue weighted by Crippen LogP contribution is 2.15. The maximum absolute atomic E-state index is 11.6. The first-order valence-corrected chi connectivity index (χ1v) is 7.52. The molecule has 0 aromatic heterocycles. The highest BCUT2D eigenvalue weighted by molar-refractivity contribution is 6.30. The fourth-order valence-electron chi connectivity index (χ4n) is 1.67. The van der Waals surface area contributed by atoms with Gasteiger partial charge in [-0.2, -0.15) is 0 Å². The van der Waals surface area contributed by atoms with Gasteiger partial charge in [-0.05, 0) is 38.4 Å². The van der Waals surface area contributed by atoms with Crippen LogP contribution in [0, 0.1) is 0 Å². The molecule has 0 atom stereocenters. The van der Waals surface area contributed by atoms with E-state index in [9.17, 15) is 9.59 Å². The summed E-state index contributed by atoms with van der Waals surface area (Å²) in [5.74, 6) is 0.203. The summed E-state index contributed by atoms with van der Waals surface area (Å²) in [7, 11) is 3.62. The Labute approximate surface area is 141 Å². The number of carbonyl (C=O) groups is 2. The Balaban J connectivity index is 2.17. The SMILES string of the molecule is C=C(CCNC(=O)COc1ccc(Cl)cc1)NC(=O)CN(C)C. The molecule has 0 saturated carbocycles. The summed E-state index contributed by atoms with van der Waals surface area (Å²) >= 11 is 5.76. The Hall–Kier alpha value is -2.05. The predicted octanol–water partition coefficient (Wildman–Crippen LogP) is 1.42. The Morgan fingerprint density at radius 3 is 2.48 bits per heavy atom. The first kappa shape index (κ1) is 19.0. The molecule has 0 spiro atoms. The molecular formula is C16H22ClN3O3. The van der Waals surface area contributed by atoms with Crippen LogP contribution in [0.5, 0.6) is 5.75 Å². The zero-order chi connectivity index (χ0) is 17.2. The molecular weight excluding hydrogens is 318 g/mol. The number of carbonyl (C=O) groups excluding carboxylic acids is 2. The van der Waals surface area contributed by atoms with E-state index in [1.807, 2.05) is 14.1 Å². The third-order valence-corrected chi connectivity index (χ3v) is 2.96. The fourth-order valence-corrected chi connectivity index (χ4v) is 1.80. The van der Waals surface area contributed by atoms with Gasteiger partial charge in [-0.1, -0.05) is 18.2 Å². The Bertz CT molecular complexity index is 544. The molecule has 0 radical (unpaired) electrons. The van der Waals surface area contributed by atoms with E-state index >= 15 is 0 Å². The van der Waals surface area contributed by atoms with Gasteiger partial charge in [0.15, 0.2) is 6.61 Å². The number of nitrogens with one attached hydrogen (secondary N) is 2. The molecule has 2 N–H and O–H groups in total. The molecule has 7 heteroatoms. The van der Waals surface area contributed by atoms with Gasteiger partial charge in [0, 0.05) is 23.7 Å². The van der Waals surface area contributed by atoms with Crippen LogP contribution >= 0.6 is 11.6 Å². The van der Waals surface area contributed by atoms with Crippen LogP contribution < -0.4 is 15.4 Å². The molecule has 0 bridgehead atoms. The zero-order valence-corrected chi connectivity index (χ0v) is 14.2. The summed E-state index contributed by atoms with van der Waals surface area (Å²) in [6.45, 7) is 4.34. The van der Waals surface area contributed by atoms with Crippen LogP contribution in [0.25, 0.3) is 0 Å². The van der Waals surface area contributed by atoms with E-state index in [4.69, 9.17) is 16.3 Å². The van der Waals surface area contributed by atoms with Crippen molar-refractivity contribution in [1.29, 1.82) is 0 Å². The summed E-state index contributed by atoms with van der Waals surface area (Å²) in [5.41, 5.74) is 0.566. The van der Waals surface area contributed by atoms with Gasteiger partial charge in [0.1, 0.15) is 5.75 Å². The van der Waals surface area contributed by atoms with E-state index in [0.29, 0.717) is 36.0 Å². The molecule has 126 valence electrons. The van der Waals surface area contributed by atoms with Gasteiger partial charge in [0.2, 0.25) is 5.91 Å². The van der Waals surface area contributed by atoms with E-state index in [-0.39, 0.29) is 18.4 Å². The lowest BCUT2D eigenvalue weighted by atomic mass is 10.3. The minimum atomic E-state index is -0.243. The van der Waals surface area contributed by atoms with E-state index in [0.717, 1.165) is 0 Å². The van der Waals surface area contributed by atoms with Crippen molar-refractivity contribution in [1.82, 2.24) is 15.5 Å². The quantitative estimate of drug-likeness (QED) is 0.714. The molecule has 0 aliphatic rings. The van der Waals surface area contributed by atoms with Crippen molar-refractivity contribution < 1.29 is 14.3 Å². The smallest absolute Gasteiger partial charge is 0.257 e. The number of halogens is 1. The van der Waals surface area contributed by atoms with Gasteiger partial charge in [-0.3, -0.25) is 9.59 Å². The minimum Gasteiger partial charge on any atom is -0.484 e. The second kappa shape index (κ2) is 9.86. The summed E-state index contributed by atoms with van der Waals surface area (Å²) in [5, 5.41) is 5.98. The Morgan fingerprint density at radius 1 is 1.22 bits per heavy atom. The van der Waals surface area contributed by atoms with Gasteiger partial charge in [0.05, 0.1) is 6.54 Å². The normalized spacial score (nSPS) is 10.3. The molecule has 0 unspecified atom stereocenters. The lowest BCUT2D eigenvalue weighted by molar-refractivity contribution is -0.123. The Kier molecular flexibility index (Phi) is 8.15. The van der Waals surface area contributed by atoms with Crippen molar-refractivity contribution in [2.45, 2.75) is 6.42 Å². The number of rotatable bonds is 9. The van der Waals surface area contributed by atoms with Crippen molar-refractivity contribution in [2.75, 3.05) is 33.8 Å². The maximum Gasteiger partial charge on any atom is 0.257 e. The second-order valence-electron chi connectivity index (χ2n) is 5.23. The lowest BCUT2D eigenvalue weighted by Crippen LogP contribution is -2.34. The first-order chi connectivity index (χ1) is 10.9. The Morgan fingerprint density at radius 2 is 1.87 bits per heavy atom. The monoisotopic (exact) mass is 339 g/mol. The standard InChI is InChI=1S/C16H22ClN3O3/c1-12(19-15(21)10-20(2)3)8-9-18-16(22)11-23-14-6-4-13(17)5-7-14/h4-7H,1,8-11H2,2-3H3,(H,18,22)(H,19,21). The third-order valence-electron chi connectivity index (χ3n) is 2.71. The van der Waals surface area contributed by atoms with E-state index in [1.54, 1.807) is 29.2 Å². The highest BCUT2D eigenvalue weighted by atomic mass is 35.5. The lowest BCUT2D eigenvalue weighted by Gasteiger charge is -2.12. The first-order valence-electron chi connectivity index (χ1n) is 7.14. The topological polar surface area (TPSA) is 70.7 Å². The van der Waals surface area contributed by atoms with Crippen LogP contribution in [-0.2, 0) is 9.59 Å². The summed E-state index contributed by atoms with van der Waals surface area (Å²) in [6, 6.07) is 6.76. The maximum atomic E-state index is 11.6. The molecule has 1 aromatic carbocycles. The largest absolute Gasteiger partial charge is 0.484 e. The van der Waals surface area contributed by atoms with Crippen LogP contribution in [-0.4, -0.2) is 50.5 Å². The average molecular weight is 340 g/mol. The number of likely N-dealkylation sites (N-methyl/N-ethyl adjacent to an activating group) is 1. The predicted molar refractivity (Wildman–Crippen MR) is 90.4 cm³/mol. The van der Waals surface area contributed by atoms with Crippen molar-refractivity contribution in [2.24, 2.45) is 0 Å². The third kappa shape index (κ3) is 8.85.